The fourth-order valence-electron chi connectivity index (χ4n) is 5.66. The maximum Gasteiger partial charge on any atom is 0.271 e. The fraction of sp³-hybridized carbons (Fsp3) is 0.571. The minimum Gasteiger partial charge on any atom is -0.494 e. The summed E-state index contributed by atoms with van der Waals surface area (Å²) in [5, 5.41) is 2.97. The monoisotopic (exact) mass is 524 g/mol. The van der Waals surface area contributed by atoms with Crippen molar-refractivity contribution in [3.05, 3.63) is 47.2 Å². The molecule has 0 bridgehead atoms. The van der Waals surface area contributed by atoms with Crippen LogP contribution in [0.5, 0.6) is 5.75 Å². The van der Waals surface area contributed by atoms with Crippen molar-refractivity contribution < 1.29 is 18.7 Å². The molecule has 5 rings (SSSR count). The molecular weight excluding hydrogens is 487 g/mol. The number of aromatic nitrogens is 2. The van der Waals surface area contributed by atoms with Crippen molar-refractivity contribution in [3.63, 3.8) is 0 Å². The quantitative estimate of drug-likeness (QED) is 0.595. The van der Waals surface area contributed by atoms with Gasteiger partial charge in [0.15, 0.2) is 11.6 Å². The van der Waals surface area contributed by atoms with E-state index in [-0.39, 0.29) is 17.6 Å². The number of nitrogens with one attached hydrogen (secondary N) is 1. The molecule has 2 aromatic rings. The van der Waals surface area contributed by atoms with Gasteiger partial charge in [-0.3, -0.25) is 14.5 Å². The Bertz CT molecular complexity index is 1180. The lowest BCUT2D eigenvalue weighted by Gasteiger charge is -2.47. The highest BCUT2D eigenvalue weighted by Gasteiger charge is 2.35. The normalized spacial score (nSPS) is 20.9. The molecule has 38 heavy (non-hydrogen) atoms. The number of amides is 2. The van der Waals surface area contributed by atoms with E-state index in [0.717, 1.165) is 63.3 Å². The summed E-state index contributed by atoms with van der Waals surface area (Å²) in [5.74, 6) is 0.242. The van der Waals surface area contributed by atoms with Crippen molar-refractivity contribution in [3.8, 4) is 5.75 Å². The van der Waals surface area contributed by atoms with Gasteiger partial charge in [-0.05, 0) is 57.2 Å². The highest BCUT2D eigenvalue weighted by atomic mass is 19.1. The summed E-state index contributed by atoms with van der Waals surface area (Å²) >= 11 is 0. The molecule has 2 saturated heterocycles. The second kappa shape index (κ2) is 11.2. The lowest BCUT2D eigenvalue weighted by atomic mass is 9.97. The van der Waals surface area contributed by atoms with Crippen LogP contribution in [-0.2, 0) is 0 Å². The van der Waals surface area contributed by atoms with Gasteiger partial charge in [-0.1, -0.05) is 6.92 Å². The highest BCUT2D eigenvalue weighted by molar-refractivity contribution is 5.94. The van der Waals surface area contributed by atoms with Crippen LogP contribution in [0.3, 0.4) is 0 Å². The number of carbonyl (C=O) groups excluding carboxylic acids is 2. The van der Waals surface area contributed by atoms with E-state index in [1.807, 2.05) is 11.8 Å². The number of carbonyl (C=O) groups is 2. The zero-order valence-corrected chi connectivity index (χ0v) is 22.5. The zero-order chi connectivity index (χ0) is 26.8. The summed E-state index contributed by atoms with van der Waals surface area (Å²) in [6.45, 7) is 8.10. The molecule has 3 heterocycles. The summed E-state index contributed by atoms with van der Waals surface area (Å²) in [5.41, 5.74) is 1.61. The van der Waals surface area contributed by atoms with E-state index >= 15 is 0 Å². The van der Waals surface area contributed by atoms with E-state index < -0.39 is 5.82 Å². The lowest BCUT2D eigenvalue weighted by Crippen LogP contribution is -2.59. The molecule has 1 aromatic carbocycles. The van der Waals surface area contributed by atoms with Crippen LogP contribution in [0, 0.1) is 12.7 Å². The van der Waals surface area contributed by atoms with Gasteiger partial charge in [0.1, 0.15) is 11.5 Å². The van der Waals surface area contributed by atoms with E-state index in [1.165, 1.54) is 25.3 Å². The third-order valence-corrected chi connectivity index (χ3v) is 7.98. The third kappa shape index (κ3) is 5.60. The van der Waals surface area contributed by atoms with Gasteiger partial charge >= 0.3 is 0 Å². The number of hydrogen-bond donors (Lipinski definition) is 1. The molecule has 2 aliphatic heterocycles. The SMILES string of the molecule is CC[C@H]1CN(c2ncc(C(=O)NC3CC3)nc2C)CCN1C1CCN(C(=O)c2ccc(F)c(OC)c2)CC1. The molecule has 0 radical (unpaired) electrons. The predicted octanol–water partition coefficient (Wildman–Crippen LogP) is 3.03. The number of ether oxygens (including phenoxy) is 1. The number of likely N-dealkylation sites (tertiary alicyclic amines) is 1. The number of piperidine rings is 1. The number of benzene rings is 1. The molecule has 1 N–H and O–H groups in total. The molecule has 1 aromatic heterocycles. The van der Waals surface area contributed by atoms with Gasteiger partial charge in [0.05, 0.1) is 19.0 Å². The van der Waals surface area contributed by atoms with E-state index in [9.17, 15) is 14.0 Å². The average molecular weight is 525 g/mol. The molecule has 204 valence electrons. The van der Waals surface area contributed by atoms with E-state index in [0.29, 0.717) is 42.5 Å². The van der Waals surface area contributed by atoms with Crippen LogP contribution in [-0.4, -0.2) is 89.5 Å². The molecule has 2 amide bonds. The van der Waals surface area contributed by atoms with Crippen LogP contribution >= 0.6 is 0 Å². The molecule has 0 unspecified atom stereocenters. The Morgan fingerprint density at radius 2 is 1.89 bits per heavy atom. The van der Waals surface area contributed by atoms with Gasteiger partial charge in [-0.15, -0.1) is 0 Å². The van der Waals surface area contributed by atoms with Crippen molar-refractivity contribution in [1.29, 1.82) is 0 Å². The number of methoxy groups -OCH3 is 1. The Kier molecular flexibility index (Phi) is 7.78. The lowest BCUT2D eigenvalue weighted by molar-refractivity contribution is 0.0490. The summed E-state index contributed by atoms with van der Waals surface area (Å²) in [6, 6.07) is 5.36. The largest absolute Gasteiger partial charge is 0.494 e. The minimum absolute atomic E-state index is 0.0816. The Morgan fingerprint density at radius 1 is 1.13 bits per heavy atom. The molecule has 9 nitrogen and oxygen atoms in total. The molecule has 10 heteroatoms. The van der Waals surface area contributed by atoms with Gasteiger partial charge in [-0.2, -0.15) is 0 Å². The molecule has 3 aliphatic rings. The van der Waals surface area contributed by atoms with E-state index in [4.69, 9.17) is 4.74 Å². The van der Waals surface area contributed by atoms with E-state index in [1.54, 1.807) is 6.20 Å². The maximum absolute atomic E-state index is 13.8. The number of piperazine rings is 1. The van der Waals surface area contributed by atoms with Crippen LogP contribution in [0.1, 0.15) is 65.6 Å². The first-order chi connectivity index (χ1) is 18.4. The van der Waals surface area contributed by atoms with Crippen molar-refractivity contribution in [2.24, 2.45) is 0 Å². The summed E-state index contributed by atoms with van der Waals surface area (Å²) in [4.78, 5) is 41.3. The second-order valence-electron chi connectivity index (χ2n) is 10.5. The number of anilines is 1. The van der Waals surface area contributed by atoms with Gasteiger partial charge in [-0.25, -0.2) is 14.4 Å². The number of nitrogens with zero attached hydrogens (tertiary/aromatic N) is 5. The molecule has 1 aliphatic carbocycles. The van der Waals surface area contributed by atoms with Gasteiger partial charge in [0, 0.05) is 56.4 Å². The first-order valence-corrected chi connectivity index (χ1v) is 13.7. The van der Waals surface area contributed by atoms with Crippen molar-refractivity contribution in [2.45, 2.75) is 64.1 Å². The number of rotatable bonds is 7. The van der Waals surface area contributed by atoms with Crippen LogP contribution in [0.25, 0.3) is 0 Å². The fourth-order valence-corrected chi connectivity index (χ4v) is 5.66. The van der Waals surface area contributed by atoms with Crippen LogP contribution in [0.15, 0.2) is 24.4 Å². The van der Waals surface area contributed by atoms with Crippen molar-refractivity contribution >= 4 is 17.6 Å². The molecular formula is C28H37FN6O3. The topological polar surface area (TPSA) is 90.9 Å². The first kappa shape index (κ1) is 26.3. The molecule has 1 atom stereocenters. The predicted molar refractivity (Wildman–Crippen MR) is 142 cm³/mol. The van der Waals surface area contributed by atoms with Gasteiger partial charge in [0.25, 0.3) is 11.8 Å². The Balaban J connectivity index is 1.18. The van der Waals surface area contributed by atoms with Crippen LogP contribution < -0.4 is 15.0 Å². The Hall–Kier alpha value is -3.27. The van der Waals surface area contributed by atoms with Gasteiger partial charge in [0.2, 0.25) is 0 Å². The molecule has 1 saturated carbocycles. The number of hydrogen-bond acceptors (Lipinski definition) is 7. The zero-order valence-electron chi connectivity index (χ0n) is 22.5. The number of aryl methyl sites for hydroxylation is 1. The summed E-state index contributed by atoms with van der Waals surface area (Å²) in [7, 11) is 1.40. The highest BCUT2D eigenvalue weighted by Crippen LogP contribution is 2.28. The summed E-state index contributed by atoms with van der Waals surface area (Å²) in [6.07, 6.45) is 6.50. The Labute approximate surface area is 223 Å². The summed E-state index contributed by atoms with van der Waals surface area (Å²) < 4.78 is 18.8. The second-order valence-corrected chi connectivity index (χ2v) is 10.5. The molecule has 3 fully saturated rings. The van der Waals surface area contributed by atoms with Gasteiger partial charge < -0.3 is 19.9 Å². The van der Waals surface area contributed by atoms with E-state index in [2.05, 4.69) is 32.0 Å². The Morgan fingerprint density at radius 3 is 2.55 bits per heavy atom. The smallest absolute Gasteiger partial charge is 0.271 e. The average Bonchev–Trinajstić information content (AvgIpc) is 3.76. The molecule has 0 spiro atoms. The standard InChI is InChI=1S/C28H37FN6O3/c1-4-21-17-34(26-18(2)31-24(16-30-26)27(36)32-20-6-7-20)13-14-35(21)22-9-11-33(12-10-22)28(37)19-5-8-23(29)25(15-19)38-3/h5,8,15-16,20-22H,4,6-7,9-14,17H2,1-3H3,(H,32,36)/t21-/m0/s1. The third-order valence-electron chi connectivity index (χ3n) is 7.98. The van der Waals surface area contributed by atoms with Crippen LogP contribution in [0.4, 0.5) is 10.2 Å². The maximum atomic E-state index is 13.8. The minimum atomic E-state index is -0.469. The van der Waals surface area contributed by atoms with Crippen molar-refractivity contribution in [1.82, 2.24) is 25.1 Å². The van der Waals surface area contributed by atoms with Crippen molar-refractivity contribution in [2.75, 3.05) is 44.7 Å². The van der Waals surface area contributed by atoms with Crippen LogP contribution in [0.2, 0.25) is 0 Å². The number of halogens is 1. The first-order valence-electron chi connectivity index (χ1n) is 13.7.